The molecule has 0 bridgehead atoms. The number of benzene rings is 1. The van der Waals surface area contributed by atoms with Crippen molar-refractivity contribution in [1.82, 2.24) is 9.55 Å². The van der Waals surface area contributed by atoms with Crippen molar-refractivity contribution in [3.8, 4) is 5.75 Å². The van der Waals surface area contributed by atoms with Gasteiger partial charge in [0.2, 0.25) is 0 Å². The van der Waals surface area contributed by atoms with Gasteiger partial charge in [-0.05, 0) is 13.0 Å². The minimum Gasteiger partial charge on any atom is -0.494 e. The van der Waals surface area contributed by atoms with E-state index in [-0.39, 0.29) is 24.6 Å². The molecule has 3 rings (SSSR count). The molecule has 0 saturated heterocycles. The van der Waals surface area contributed by atoms with Crippen LogP contribution in [0.4, 0.5) is 0 Å². The molecule has 0 fully saturated rings. The van der Waals surface area contributed by atoms with E-state index < -0.39 is 0 Å². The Balaban J connectivity index is 1.96. The van der Waals surface area contributed by atoms with E-state index in [0.29, 0.717) is 17.2 Å². The third kappa shape index (κ3) is 2.87. The molecule has 1 aromatic carbocycles. The van der Waals surface area contributed by atoms with Gasteiger partial charge in [-0.25, -0.2) is 4.98 Å². The summed E-state index contributed by atoms with van der Waals surface area (Å²) in [6.07, 6.45) is 1.98. The summed E-state index contributed by atoms with van der Waals surface area (Å²) < 4.78 is 13.2. The minimum atomic E-state index is -0.345. The van der Waals surface area contributed by atoms with Gasteiger partial charge >= 0.3 is 5.97 Å². The fraction of sp³-hybridized carbons (Fsp3) is 0.353. The van der Waals surface area contributed by atoms with Crippen LogP contribution < -0.4 is 4.74 Å². The number of methoxy groups -OCH3 is 1. The molecule has 6 nitrogen and oxygen atoms in total. The highest BCUT2D eigenvalue weighted by molar-refractivity contribution is 7.21. The molecule has 2 aromatic heterocycles. The lowest BCUT2D eigenvalue weighted by atomic mass is 10.1. The monoisotopic (exact) mass is 346 g/mol. The number of hydrogen-bond donors (Lipinski definition) is 0. The van der Waals surface area contributed by atoms with E-state index in [9.17, 15) is 9.59 Å². The van der Waals surface area contributed by atoms with Gasteiger partial charge in [0.1, 0.15) is 11.3 Å². The zero-order valence-corrected chi connectivity index (χ0v) is 14.6. The van der Waals surface area contributed by atoms with Crippen molar-refractivity contribution >= 4 is 44.2 Å². The van der Waals surface area contributed by atoms with Gasteiger partial charge in [-0.2, -0.15) is 0 Å². The lowest BCUT2D eigenvalue weighted by Crippen LogP contribution is -2.07. The van der Waals surface area contributed by atoms with E-state index >= 15 is 0 Å². The molecule has 24 heavy (non-hydrogen) atoms. The van der Waals surface area contributed by atoms with Crippen LogP contribution in [0.5, 0.6) is 5.75 Å². The number of thiophene rings is 1. The Morgan fingerprint density at radius 2 is 2.08 bits per heavy atom. The van der Waals surface area contributed by atoms with Crippen molar-refractivity contribution in [2.24, 2.45) is 7.05 Å². The number of fused-ring (bicyclic) bond motifs is 3. The highest BCUT2D eigenvalue weighted by Gasteiger charge is 2.18. The molecule has 0 amide bonds. The molecule has 0 aliphatic rings. The number of aryl methyl sites for hydroxylation is 1. The van der Waals surface area contributed by atoms with E-state index in [0.717, 1.165) is 21.1 Å². The lowest BCUT2D eigenvalue weighted by molar-refractivity contribution is -0.143. The first-order valence-electron chi connectivity index (χ1n) is 7.65. The van der Waals surface area contributed by atoms with Crippen LogP contribution in [0.1, 0.15) is 29.4 Å². The summed E-state index contributed by atoms with van der Waals surface area (Å²) in [5.74, 6) is 0.284. The highest BCUT2D eigenvalue weighted by atomic mass is 32.1. The number of carbonyl (C=O) groups is 2. The fourth-order valence-electron chi connectivity index (χ4n) is 2.68. The predicted molar refractivity (Wildman–Crippen MR) is 92.8 cm³/mol. The van der Waals surface area contributed by atoms with E-state index in [1.807, 2.05) is 23.7 Å². The highest BCUT2D eigenvalue weighted by Crippen LogP contribution is 2.37. The van der Waals surface area contributed by atoms with Gasteiger partial charge in [-0.1, -0.05) is 0 Å². The number of aromatic nitrogens is 2. The second-order valence-corrected chi connectivity index (χ2v) is 6.47. The van der Waals surface area contributed by atoms with Crippen molar-refractivity contribution in [2.75, 3.05) is 13.7 Å². The summed E-state index contributed by atoms with van der Waals surface area (Å²) in [4.78, 5) is 28.8. The number of Topliss-reactive ketones (excluding diaryl/α,β-unsaturated/α-hetero) is 1. The molecule has 2 heterocycles. The Labute approximate surface area is 143 Å². The summed E-state index contributed by atoms with van der Waals surface area (Å²) in [5, 5.41) is 0.968. The number of imidazole rings is 1. The maximum Gasteiger partial charge on any atom is 0.306 e. The Morgan fingerprint density at radius 3 is 2.79 bits per heavy atom. The van der Waals surface area contributed by atoms with E-state index in [1.165, 1.54) is 11.3 Å². The summed E-state index contributed by atoms with van der Waals surface area (Å²) in [5.41, 5.74) is 1.71. The largest absolute Gasteiger partial charge is 0.494 e. The maximum absolute atomic E-state index is 12.4. The number of hydrogen-bond acceptors (Lipinski definition) is 6. The SMILES string of the molecule is CCOC(=O)CCC(=O)c1cc2c(cc(OC)c3ncn(C)c32)s1. The summed E-state index contributed by atoms with van der Waals surface area (Å²) >= 11 is 1.40. The average Bonchev–Trinajstić information content (AvgIpc) is 3.15. The first-order chi connectivity index (χ1) is 11.5. The molecule has 0 spiro atoms. The molecule has 0 aliphatic heterocycles. The number of ketones is 1. The van der Waals surface area contributed by atoms with Crippen LogP contribution in [0, 0.1) is 0 Å². The maximum atomic E-state index is 12.4. The van der Waals surface area contributed by atoms with Gasteiger partial charge in [0.25, 0.3) is 0 Å². The summed E-state index contributed by atoms with van der Waals surface area (Å²) in [6.45, 7) is 2.08. The second kappa shape index (κ2) is 6.60. The lowest BCUT2D eigenvalue weighted by Gasteiger charge is -2.02. The van der Waals surface area contributed by atoms with Gasteiger partial charge in [-0.3, -0.25) is 9.59 Å². The fourth-order valence-corrected chi connectivity index (χ4v) is 3.74. The van der Waals surface area contributed by atoms with Crippen LogP contribution in [-0.4, -0.2) is 35.0 Å². The van der Waals surface area contributed by atoms with Crippen LogP contribution in [0.2, 0.25) is 0 Å². The van der Waals surface area contributed by atoms with Crippen molar-refractivity contribution in [3.05, 3.63) is 23.3 Å². The van der Waals surface area contributed by atoms with Crippen molar-refractivity contribution in [3.63, 3.8) is 0 Å². The molecule has 0 N–H and O–H groups in total. The van der Waals surface area contributed by atoms with Crippen LogP contribution in [0.15, 0.2) is 18.5 Å². The Bertz CT molecular complexity index is 926. The quantitative estimate of drug-likeness (QED) is 0.506. The van der Waals surface area contributed by atoms with Crippen LogP contribution >= 0.6 is 11.3 Å². The third-order valence-corrected chi connectivity index (χ3v) is 4.93. The molecular weight excluding hydrogens is 328 g/mol. The number of esters is 1. The molecule has 0 aliphatic carbocycles. The number of nitrogens with zero attached hydrogens (tertiary/aromatic N) is 2. The first kappa shape index (κ1) is 16.4. The normalized spacial score (nSPS) is 11.1. The number of carbonyl (C=O) groups excluding carboxylic acids is 2. The molecular formula is C17H18N2O4S. The Kier molecular flexibility index (Phi) is 4.53. The van der Waals surface area contributed by atoms with Gasteiger partial charge < -0.3 is 14.0 Å². The summed E-state index contributed by atoms with van der Waals surface area (Å²) in [6, 6.07) is 3.77. The topological polar surface area (TPSA) is 70.4 Å². The molecule has 126 valence electrons. The van der Waals surface area contributed by atoms with Gasteiger partial charge in [-0.15, -0.1) is 11.3 Å². The summed E-state index contributed by atoms with van der Waals surface area (Å²) in [7, 11) is 3.52. The average molecular weight is 346 g/mol. The number of rotatable bonds is 6. The standard InChI is InChI=1S/C17H18N2O4S/c1-4-23-15(21)6-5-11(20)14-7-10-13(24-14)8-12(22-3)16-17(10)19(2)9-18-16/h7-9H,4-6H2,1-3H3. The Hall–Kier alpha value is -2.41. The molecule has 0 radical (unpaired) electrons. The first-order valence-corrected chi connectivity index (χ1v) is 8.47. The zero-order valence-electron chi connectivity index (χ0n) is 13.8. The molecule has 0 atom stereocenters. The molecule has 3 aromatic rings. The zero-order chi connectivity index (χ0) is 17.3. The third-order valence-electron chi connectivity index (χ3n) is 3.80. The van der Waals surface area contributed by atoms with E-state index in [4.69, 9.17) is 9.47 Å². The van der Waals surface area contributed by atoms with Crippen molar-refractivity contribution in [2.45, 2.75) is 19.8 Å². The van der Waals surface area contributed by atoms with E-state index in [1.54, 1.807) is 20.4 Å². The van der Waals surface area contributed by atoms with Crippen molar-refractivity contribution < 1.29 is 19.1 Å². The van der Waals surface area contributed by atoms with Gasteiger partial charge in [0.15, 0.2) is 5.78 Å². The van der Waals surface area contributed by atoms with Crippen molar-refractivity contribution in [1.29, 1.82) is 0 Å². The molecule has 0 unspecified atom stereocenters. The minimum absolute atomic E-state index is 0.0569. The second-order valence-electron chi connectivity index (χ2n) is 5.38. The smallest absolute Gasteiger partial charge is 0.306 e. The molecule has 0 saturated carbocycles. The van der Waals surface area contributed by atoms with Crippen LogP contribution in [-0.2, 0) is 16.6 Å². The number of ether oxygens (including phenoxy) is 2. The van der Waals surface area contributed by atoms with Crippen LogP contribution in [0.3, 0.4) is 0 Å². The van der Waals surface area contributed by atoms with Gasteiger partial charge in [0.05, 0.1) is 36.9 Å². The molecule has 7 heteroatoms. The van der Waals surface area contributed by atoms with E-state index in [2.05, 4.69) is 4.98 Å². The van der Waals surface area contributed by atoms with Crippen LogP contribution in [0.25, 0.3) is 21.1 Å². The van der Waals surface area contributed by atoms with Gasteiger partial charge in [0, 0.05) is 29.6 Å². The Morgan fingerprint density at radius 1 is 1.29 bits per heavy atom. The predicted octanol–water partition coefficient (Wildman–Crippen LogP) is 3.32.